The third kappa shape index (κ3) is 3.45. The molecule has 0 aromatic heterocycles. The van der Waals surface area contributed by atoms with Gasteiger partial charge in [0.1, 0.15) is 4.62 Å². The molecule has 2 nitrogen and oxygen atoms in total. The number of hydrogen-bond acceptors (Lipinski definition) is 2. The lowest BCUT2D eigenvalue weighted by Gasteiger charge is -1.95. The maximum absolute atomic E-state index is 5.25. The van der Waals surface area contributed by atoms with Crippen LogP contribution in [0.1, 0.15) is 13.8 Å². The highest BCUT2D eigenvalue weighted by Crippen LogP contribution is 2.05. The molecule has 56 valence electrons. The van der Waals surface area contributed by atoms with Crippen LogP contribution in [-0.4, -0.2) is 4.62 Å². The van der Waals surface area contributed by atoms with E-state index in [-0.39, 0.29) is 0 Å². The highest BCUT2D eigenvalue weighted by atomic mass is 79.9. The Morgan fingerprint density at radius 2 is 2.10 bits per heavy atom. The predicted molar refractivity (Wildman–Crippen MR) is 49.1 cm³/mol. The largest absolute Gasteiger partial charge is 0.404 e. The first-order valence-electron chi connectivity index (χ1n) is 2.86. The van der Waals surface area contributed by atoms with E-state index >= 15 is 0 Å². The molecule has 0 atom stereocenters. The van der Waals surface area contributed by atoms with Crippen molar-refractivity contribution in [1.29, 1.82) is 0 Å². The van der Waals surface area contributed by atoms with Crippen molar-refractivity contribution >= 4 is 20.6 Å². The summed E-state index contributed by atoms with van der Waals surface area (Å²) < 4.78 is 0.738. The van der Waals surface area contributed by atoms with E-state index < -0.39 is 0 Å². The zero-order valence-corrected chi connectivity index (χ0v) is 7.77. The second-order valence-electron chi connectivity index (χ2n) is 1.99. The molecule has 0 bridgehead atoms. The van der Waals surface area contributed by atoms with Crippen LogP contribution >= 0.6 is 15.9 Å². The summed E-state index contributed by atoms with van der Waals surface area (Å²) in [5, 5.41) is 0. The number of allylic oxidation sites excluding steroid dienone is 2. The summed E-state index contributed by atoms with van der Waals surface area (Å²) in [6.45, 7) is 7.32. The van der Waals surface area contributed by atoms with Gasteiger partial charge in [-0.15, -0.1) is 0 Å². The molecule has 0 radical (unpaired) electrons. The SMILES string of the molecule is C=C(C)N=C(Br)/C(C)=C\N. The van der Waals surface area contributed by atoms with E-state index in [1.165, 1.54) is 6.20 Å². The molecule has 0 saturated heterocycles. The number of halogens is 1. The lowest BCUT2D eigenvalue weighted by molar-refractivity contribution is 1.32. The Hall–Kier alpha value is -0.570. The van der Waals surface area contributed by atoms with Crippen molar-refractivity contribution in [3.63, 3.8) is 0 Å². The van der Waals surface area contributed by atoms with Crippen molar-refractivity contribution in [2.24, 2.45) is 10.7 Å². The molecule has 0 aliphatic carbocycles. The molecule has 0 aromatic rings. The van der Waals surface area contributed by atoms with Crippen LogP contribution < -0.4 is 5.73 Å². The van der Waals surface area contributed by atoms with Crippen LogP contribution in [0.2, 0.25) is 0 Å². The minimum absolute atomic E-state index is 0.738. The molecule has 0 amide bonds. The van der Waals surface area contributed by atoms with Crippen molar-refractivity contribution in [3.05, 3.63) is 24.0 Å². The van der Waals surface area contributed by atoms with Crippen LogP contribution in [0.5, 0.6) is 0 Å². The fourth-order valence-electron chi connectivity index (χ4n) is 0.325. The molecular weight excluding hydrogens is 192 g/mol. The summed E-state index contributed by atoms with van der Waals surface area (Å²) in [4.78, 5) is 4.04. The van der Waals surface area contributed by atoms with Crippen molar-refractivity contribution in [3.8, 4) is 0 Å². The normalized spacial score (nSPS) is 13.5. The number of rotatable bonds is 2. The molecule has 0 spiro atoms. The summed E-state index contributed by atoms with van der Waals surface area (Å²) in [7, 11) is 0. The highest BCUT2D eigenvalue weighted by molar-refractivity contribution is 9.18. The molecule has 0 aliphatic heterocycles. The number of aliphatic imine (C=N–C) groups is 1. The van der Waals surface area contributed by atoms with Gasteiger partial charge in [0, 0.05) is 5.70 Å². The third-order valence-electron chi connectivity index (χ3n) is 0.864. The fraction of sp³-hybridized carbons (Fsp3) is 0.286. The van der Waals surface area contributed by atoms with Crippen LogP contribution in [0.25, 0.3) is 0 Å². The zero-order chi connectivity index (χ0) is 8.15. The maximum Gasteiger partial charge on any atom is 0.110 e. The molecule has 10 heavy (non-hydrogen) atoms. The van der Waals surface area contributed by atoms with Crippen LogP contribution in [0.4, 0.5) is 0 Å². The maximum atomic E-state index is 5.25. The molecule has 2 N–H and O–H groups in total. The van der Waals surface area contributed by atoms with Crippen molar-refractivity contribution < 1.29 is 0 Å². The standard InChI is InChI=1S/C7H11BrN2/c1-5(2)10-7(8)6(3)4-9/h4H,1,9H2,2-3H3/b6-4-,10-7?. The van der Waals surface area contributed by atoms with Gasteiger partial charge in [-0.1, -0.05) is 6.58 Å². The summed E-state index contributed by atoms with van der Waals surface area (Å²) >= 11 is 3.24. The predicted octanol–water partition coefficient (Wildman–Crippen LogP) is 2.18. The molecule has 3 heteroatoms. The summed E-state index contributed by atoms with van der Waals surface area (Å²) in [5.74, 6) is 0. The number of hydrogen-bond donors (Lipinski definition) is 1. The van der Waals surface area contributed by atoms with Gasteiger partial charge in [-0.25, -0.2) is 4.99 Å². The van der Waals surface area contributed by atoms with Gasteiger partial charge in [-0.2, -0.15) is 0 Å². The van der Waals surface area contributed by atoms with Gasteiger partial charge in [0.05, 0.1) is 0 Å². The average Bonchev–Trinajstić information content (AvgIpc) is 1.85. The molecule has 0 unspecified atom stereocenters. The molecule has 0 aromatic carbocycles. The quantitative estimate of drug-likeness (QED) is 0.686. The van der Waals surface area contributed by atoms with Gasteiger partial charge in [0.25, 0.3) is 0 Å². The van der Waals surface area contributed by atoms with Crippen molar-refractivity contribution in [2.75, 3.05) is 0 Å². The summed E-state index contributed by atoms with van der Waals surface area (Å²) in [6, 6.07) is 0. The molecule has 0 heterocycles. The van der Waals surface area contributed by atoms with Crippen molar-refractivity contribution in [1.82, 2.24) is 0 Å². The Balaban J connectivity index is 4.35. The first-order chi connectivity index (χ1) is 4.57. The zero-order valence-electron chi connectivity index (χ0n) is 6.19. The number of nitrogens with zero attached hydrogens (tertiary/aromatic N) is 1. The topological polar surface area (TPSA) is 38.4 Å². The Bertz CT molecular complexity index is 192. The Labute approximate surface area is 69.7 Å². The smallest absolute Gasteiger partial charge is 0.110 e. The van der Waals surface area contributed by atoms with Gasteiger partial charge >= 0.3 is 0 Å². The van der Waals surface area contributed by atoms with Gasteiger partial charge in [-0.05, 0) is 41.6 Å². The Morgan fingerprint density at radius 3 is 2.40 bits per heavy atom. The van der Waals surface area contributed by atoms with Crippen LogP contribution in [0.15, 0.2) is 29.0 Å². The average molecular weight is 203 g/mol. The van der Waals surface area contributed by atoms with E-state index in [0.717, 1.165) is 15.9 Å². The van der Waals surface area contributed by atoms with E-state index in [4.69, 9.17) is 5.73 Å². The minimum Gasteiger partial charge on any atom is -0.404 e. The van der Waals surface area contributed by atoms with Crippen LogP contribution in [-0.2, 0) is 0 Å². The lowest BCUT2D eigenvalue weighted by atomic mass is 10.4. The summed E-state index contributed by atoms with van der Waals surface area (Å²) in [5.41, 5.74) is 6.91. The van der Waals surface area contributed by atoms with Gasteiger partial charge in [-0.3, -0.25) is 0 Å². The minimum atomic E-state index is 0.738. The molecule has 0 fully saturated rings. The van der Waals surface area contributed by atoms with Crippen LogP contribution in [0.3, 0.4) is 0 Å². The Morgan fingerprint density at radius 1 is 1.60 bits per heavy atom. The van der Waals surface area contributed by atoms with Crippen LogP contribution in [0, 0.1) is 0 Å². The van der Waals surface area contributed by atoms with E-state index in [1.54, 1.807) is 0 Å². The monoisotopic (exact) mass is 202 g/mol. The second kappa shape index (κ2) is 4.28. The van der Waals surface area contributed by atoms with Crippen molar-refractivity contribution in [2.45, 2.75) is 13.8 Å². The lowest BCUT2D eigenvalue weighted by Crippen LogP contribution is -1.92. The van der Waals surface area contributed by atoms with Gasteiger partial charge < -0.3 is 5.73 Å². The first-order valence-corrected chi connectivity index (χ1v) is 3.65. The van der Waals surface area contributed by atoms with E-state index in [1.807, 2.05) is 13.8 Å². The molecular formula is C7H11BrN2. The Kier molecular flexibility index (Phi) is 4.03. The molecule has 0 rings (SSSR count). The summed E-state index contributed by atoms with van der Waals surface area (Å²) in [6.07, 6.45) is 1.50. The van der Waals surface area contributed by atoms with E-state index in [9.17, 15) is 0 Å². The third-order valence-corrected chi connectivity index (χ3v) is 1.67. The highest BCUT2D eigenvalue weighted by Gasteiger charge is 1.93. The fourth-order valence-corrected chi connectivity index (χ4v) is 0.759. The first kappa shape index (κ1) is 9.43. The van der Waals surface area contributed by atoms with E-state index in [2.05, 4.69) is 27.5 Å². The molecule has 0 aliphatic rings. The molecule has 0 saturated carbocycles. The van der Waals surface area contributed by atoms with E-state index in [0.29, 0.717) is 0 Å². The second-order valence-corrected chi connectivity index (χ2v) is 2.74. The van der Waals surface area contributed by atoms with Gasteiger partial charge in [0.2, 0.25) is 0 Å². The van der Waals surface area contributed by atoms with Gasteiger partial charge in [0.15, 0.2) is 0 Å². The number of nitrogens with two attached hydrogens (primary N) is 1.